The van der Waals surface area contributed by atoms with Crippen LogP contribution in [0.3, 0.4) is 0 Å². The molecule has 2 N–H and O–H groups in total. The summed E-state index contributed by atoms with van der Waals surface area (Å²) in [4.78, 5) is 27.5. The lowest BCUT2D eigenvalue weighted by Gasteiger charge is -2.12. The van der Waals surface area contributed by atoms with E-state index in [4.69, 9.17) is 0 Å². The van der Waals surface area contributed by atoms with Crippen LogP contribution in [-0.4, -0.2) is 33.8 Å². The van der Waals surface area contributed by atoms with Crippen molar-refractivity contribution in [1.29, 1.82) is 0 Å². The van der Waals surface area contributed by atoms with Crippen molar-refractivity contribution in [2.24, 2.45) is 5.92 Å². The van der Waals surface area contributed by atoms with Gasteiger partial charge in [-0.25, -0.2) is 4.98 Å². The van der Waals surface area contributed by atoms with E-state index in [1.807, 2.05) is 35.0 Å². The molecule has 1 aliphatic heterocycles. The molecule has 1 saturated heterocycles. The molecule has 0 radical (unpaired) electrons. The lowest BCUT2D eigenvalue weighted by atomic mass is 10.0. The Labute approximate surface area is 128 Å². The van der Waals surface area contributed by atoms with Gasteiger partial charge in [-0.2, -0.15) is 0 Å². The van der Waals surface area contributed by atoms with Crippen LogP contribution in [0.2, 0.25) is 0 Å². The van der Waals surface area contributed by atoms with Gasteiger partial charge in [0, 0.05) is 36.2 Å². The summed E-state index contributed by atoms with van der Waals surface area (Å²) in [7, 11) is 0. The predicted octanol–water partition coefficient (Wildman–Crippen LogP) is 1.38. The third-order valence-corrected chi connectivity index (χ3v) is 3.96. The van der Waals surface area contributed by atoms with E-state index in [-0.39, 0.29) is 23.7 Å². The molecule has 1 aromatic heterocycles. The smallest absolute Gasteiger partial charge is 0.241 e. The summed E-state index contributed by atoms with van der Waals surface area (Å²) in [5.74, 6) is -0.0222. The highest BCUT2D eigenvalue weighted by atomic mass is 16.2. The van der Waals surface area contributed by atoms with Gasteiger partial charge >= 0.3 is 0 Å². The van der Waals surface area contributed by atoms with Gasteiger partial charge < -0.3 is 15.2 Å². The lowest BCUT2D eigenvalue weighted by Crippen LogP contribution is -2.35. The van der Waals surface area contributed by atoms with Gasteiger partial charge in [-0.05, 0) is 37.6 Å². The molecule has 2 atom stereocenters. The Hall–Kier alpha value is -2.47. The largest absolute Gasteiger partial charge is 0.325 e. The zero-order valence-electron chi connectivity index (χ0n) is 12.3. The third kappa shape index (κ3) is 3.07. The average molecular weight is 298 g/mol. The number of carbonyl (C=O) groups excluding carboxylic acids is 2. The second kappa shape index (κ2) is 6.11. The zero-order chi connectivity index (χ0) is 15.5. The molecule has 0 bridgehead atoms. The van der Waals surface area contributed by atoms with E-state index >= 15 is 0 Å². The van der Waals surface area contributed by atoms with E-state index in [1.165, 1.54) is 0 Å². The van der Waals surface area contributed by atoms with E-state index in [9.17, 15) is 9.59 Å². The molecule has 1 amide bonds. The zero-order valence-corrected chi connectivity index (χ0v) is 12.3. The van der Waals surface area contributed by atoms with Crippen molar-refractivity contribution in [1.82, 2.24) is 14.9 Å². The van der Waals surface area contributed by atoms with Crippen LogP contribution in [0.25, 0.3) is 5.69 Å². The monoisotopic (exact) mass is 298 g/mol. The van der Waals surface area contributed by atoms with E-state index in [0.717, 1.165) is 11.4 Å². The minimum Gasteiger partial charge on any atom is -0.325 e. The molecule has 3 rings (SSSR count). The summed E-state index contributed by atoms with van der Waals surface area (Å²) in [6.45, 7) is 2.15. The van der Waals surface area contributed by atoms with Gasteiger partial charge in [0.25, 0.3) is 0 Å². The first-order valence-electron chi connectivity index (χ1n) is 7.26. The molecule has 2 heterocycles. The average Bonchev–Trinajstić information content (AvgIpc) is 3.20. The van der Waals surface area contributed by atoms with Crippen molar-refractivity contribution in [3.8, 4) is 5.69 Å². The molecule has 1 aliphatic rings. The van der Waals surface area contributed by atoms with Crippen LogP contribution in [-0.2, 0) is 9.59 Å². The summed E-state index contributed by atoms with van der Waals surface area (Å²) in [5, 5.41) is 5.97. The van der Waals surface area contributed by atoms with Gasteiger partial charge in [0.05, 0.1) is 12.4 Å². The van der Waals surface area contributed by atoms with Crippen molar-refractivity contribution in [3.63, 3.8) is 0 Å². The van der Waals surface area contributed by atoms with E-state index in [2.05, 4.69) is 15.6 Å². The molecular weight excluding hydrogens is 280 g/mol. The Balaban J connectivity index is 1.61. The van der Waals surface area contributed by atoms with Crippen LogP contribution in [0, 0.1) is 5.92 Å². The molecule has 0 saturated carbocycles. The molecule has 1 aromatic carbocycles. The molecule has 114 valence electrons. The van der Waals surface area contributed by atoms with Crippen molar-refractivity contribution < 1.29 is 9.59 Å². The van der Waals surface area contributed by atoms with E-state index < -0.39 is 0 Å². The molecule has 6 nitrogen and oxygen atoms in total. The SMILES string of the molecule is CC(=O)C1CNC(C(=O)Nc2ccc(-n3ccnc3)cc2)C1. The van der Waals surface area contributed by atoms with Gasteiger partial charge in [-0.15, -0.1) is 0 Å². The van der Waals surface area contributed by atoms with Gasteiger partial charge in [0.2, 0.25) is 5.91 Å². The number of carbonyl (C=O) groups is 2. The first-order chi connectivity index (χ1) is 10.6. The molecule has 1 fully saturated rings. The highest BCUT2D eigenvalue weighted by Gasteiger charge is 2.31. The third-order valence-electron chi connectivity index (χ3n) is 3.96. The van der Waals surface area contributed by atoms with Gasteiger partial charge in [-0.1, -0.05) is 0 Å². The van der Waals surface area contributed by atoms with Crippen molar-refractivity contribution >= 4 is 17.4 Å². The number of aromatic nitrogens is 2. The number of ketones is 1. The van der Waals surface area contributed by atoms with Crippen molar-refractivity contribution in [3.05, 3.63) is 43.0 Å². The number of Topliss-reactive ketones (excluding diaryl/α,β-unsaturated/α-hetero) is 1. The minimum atomic E-state index is -0.303. The highest BCUT2D eigenvalue weighted by Crippen LogP contribution is 2.18. The quantitative estimate of drug-likeness (QED) is 0.894. The summed E-state index contributed by atoms with van der Waals surface area (Å²) in [6.07, 6.45) is 5.86. The molecule has 0 spiro atoms. The molecule has 2 aromatic rings. The lowest BCUT2D eigenvalue weighted by molar-refractivity contribution is -0.120. The highest BCUT2D eigenvalue weighted by molar-refractivity contribution is 5.95. The number of rotatable bonds is 4. The second-order valence-electron chi connectivity index (χ2n) is 5.51. The van der Waals surface area contributed by atoms with E-state index in [1.54, 1.807) is 19.4 Å². The Morgan fingerprint density at radius 1 is 1.32 bits per heavy atom. The van der Waals surface area contributed by atoms with Crippen LogP contribution in [0.15, 0.2) is 43.0 Å². The second-order valence-corrected chi connectivity index (χ2v) is 5.51. The van der Waals surface area contributed by atoms with Crippen LogP contribution < -0.4 is 10.6 Å². The van der Waals surface area contributed by atoms with Crippen LogP contribution in [0.1, 0.15) is 13.3 Å². The number of amides is 1. The number of hydrogen-bond donors (Lipinski definition) is 2. The predicted molar refractivity (Wildman–Crippen MR) is 82.8 cm³/mol. The Morgan fingerprint density at radius 3 is 2.68 bits per heavy atom. The number of anilines is 1. The summed E-state index contributed by atoms with van der Waals surface area (Å²) >= 11 is 0. The summed E-state index contributed by atoms with van der Waals surface area (Å²) in [5.41, 5.74) is 1.72. The normalized spacial score (nSPS) is 20.8. The maximum Gasteiger partial charge on any atom is 0.241 e. The maximum atomic E-state index is 12.2. The molecular formula is C16H18N4O2. The summed E-state index contributed by atoms with van der Waals surface area (Å²) in [6, 6.07) is 7.23. The standard InChI is InChI=1S/C16H18N4O2/c1-11(21)12-8-15(18-9-12)16(22)19-13-2-4-14(5-3-13)20-7-6-17-10-20/h2-7,10,12,15,18H,8-9H2,1H3,(H,19,22). The number of nitrogens with one attached hydrogen (secondary N) is 2. The van der Waals surface area contributed by atoms with Crippen molar-refractivity contribution in [2.45, 2.75) is 19.4 Å². The minimum absolute atomic E-state index is 0.0561. The Morgan fingerprint density at radius 2 is 2.09 bits per heavy atom. The first-order valence-corrected chi connectivity index (χ1v) is 7.26. The number of benzene rings is 1. The Kier molecular flexibility index (Phi) is 4.02. The topological polar surface area (TPSA) is 76.0 Å². The fourth-order valence-electron chi connectivity index (χ4n) is 2.60. The summed E-state index contributed by atoms with van der Waals surface area (Å²) < 4.78 is 1.89. The van der Waals surface area contributed by atoms with Gasteiger partial charge in [0.1, 0.15) is 5.78 Å². The van der Waals surface area contributed by atoms with E-state index in [0.29, 0.717) is 13.0 Å². The Bertz CT molecular complexity index is 664. The van der Waals surface area contributed by atoms with Crippen LogP contribution in [0.4, 0.5) is 5.69 Å². The van der Waals surface area contributed by atoms with Gasteiger partial charge in [0.15, 0.2) is 0 Å². The number of imidazole rings is 1. The van der Waals surface area contributed by atoms with Gasteiger partial charge in [-0.3, -0.25) is 9.59 Å². The molecule has 6 heteroatoms. The first kappa shape index (κ1) is 14.5. The molecule has 2 unspecified atom stereocenters. The van der Waals surface area contributed by atoms with Crippen LogP contribution >= 0.6 is 0 Å². The molecule has 0 aliphatic carbocycles. The maximum absolute atomic E-state index is 12.2. The fourth-order valence-corrected chi connectivity index (χ4v) is 2.60. The fraction of sp³-hybridized carbons (Fsp3) is 0.312. The molecule has 22 heavy (non-hydrogen) atoms. The van der Waals surface area contributed by atoms with Crippen molar-refractivity contribution in [2.75, 3.05) is 11.9 Å². The number of nitrogens with zero attached hydrogens (tertiary/aromatic N) is 2. The van der Waals surface area contributed by atoms with Crippen LogP contribution in [0.5, 0.6) is 0 Å². The number of hydrogen-bond acceptors (Lipinski definition) is 4.